The Morgan fingerprint density at radius 3 is 2.78 bits per heavy atom. The Kier molecular flexibility index (Phi) is 5.33. The molecule has 0 fully saturated rings. The largest absolute Gasteiger partial charge is 0.382 e. The Labute approximate surface area is 112 Å². The molecule has 0 atom stereocenters. The van der Waals surface area contributed by atoms with Crippen molar-refractivity contribution in [3.63, 3.8) is 0 Å². The first-order valence-electron chi connectivity index (χ1n) is 5.46. The zero-order chi connectivity index (χ0) is 13.8. The lowest BCUT2D eigenvalue weighted by Gasteiger charge is -2.14. The van der Waals surface area contributed by atoms with Crippen molar-refractivity contribution in [1.29, 1.82) is 0 Å². The van der Waals surface area contributed by atoms with E-state index < -0.39 is 10.0 Å². The molecule has 0 amide bonds. The topological polar surface area (TPSA) is 88.3 Å². The van der Waals surface area contributed by atoms with E-state index in [4.69, 9.17) is 17.3 Å². The molecule has 3 N–H and O–H groups in total. The molecule has 1 aromatic rings. The molecule has 0 radical (unpaired) electrons. The quantitative estimate of drug-likeness (QED) is 0.799. The first-order valence-corrected chi connectivity index (χ1v) is 7.32. The number of sulfonamides is 1. The minimum atomic E-state index is -3.58. The smallest absolute Gasteiger partial charge is 0.242 e. The summed E-state index contributed by atoms with van der Waals surface area (Å²) in [6.45, 7) is 3.82. The fraction of sp³-hybridized carbons (Fsp3) is 0.500. The second-order valence-electron chi connectivity index (χ2n) is 3.83. The van der Waals surface area contributed by atoms with Gasteiger partial charge in [0.2, 0.25) is 10.0 Å². The van der Waals surface area contributed by atoms with Crippen molar-refractivity contribution >= 4 is 27.4 Å². The Bertz CT molecular complexity index is 507. The van der Waals surface area contributed by atoms with E-state index in [0.29, 0.717) is 13.1 Å². The molecule has 1 aromatic heterocycles. The lowest BCUT2D eigenvalue weighted by atomic mass is 10.5. The summed E-state index contributed by atoms with van der Waals surface area (Å²) in [5.41, 5.74) is 5.42. The fourth-order valence-corrected chi connectivity index (χ4v) is 2.41. The van der Waals surface area contributed by atoms with Gasteiger partial charge in [0.15, 0.2) is 0 Å². The normalized spacial score (nSPS) is 12.0. The van der Waals surface area contributed by atoms with Crippen molar-refractivity contribution in [2.45, 2.75) is 11.8 Å². The van der Waals surface area contributed by atoms with Crippen LogP contribution in [0.1, 0.15) is 6.92 Å². The molecule has 1 heterocycles. The number of pyridine rings is 1. The number of nitrogen functional groups attached to an aromatic ring is 1. The monoisotopic (exact) mass is 292 g/mol. The van der Waals surface area contributed by atoms with Crippen molar-refractivity contribution in [1.82, 2.24) is 14.6 Å². The maximum Gasteiger partial charge on any atom is 0.242 e. The molecular weight excluding hydrogens is 276 g/mol. The summed E-state index contributed by atoms with van der Waals surface area (Å²) in [5.74, 6) is 0.112. The van der Waals surface area contributed by atoms with E-state index in [2.05, 4.69) is 9.71 Å². The highest BCUT2D eigenvalue weighted by Crippen LogP contribution is 2.19. The number of nitrogens with zero attached hydrogens (tertiary/aromatic N) is 2. The third kappa shape index (κ3) is 4.09. The zero-order valence-electron chi connectivity index (χ0n) is 10.4. The van der Waals surface area contributed by atoms with Crippen LogP contribution in [0.15, 0.2) is 17.2 Å². The van der Waals surface area contributed by atoms with E-state index in [1.165, 1.54) is 12.3 Å². The lowest BCUT2D eigenvalue weighted by Crippen LogP contribution is -2.33. The average molecular weight is 293 g/mol. The number of halogens is 1. The summed E-state index contributed by atoms with van der Waals surface area (Å²) in [6, 6.07) is 1.29. The maximum absolute atomic E-state index is 11.9. The van der Waals surface area contributed by atoms with E-state index in [-0.39, 0.29) is 15.7 Å². The predicted molar refractivity (Wildman–Crippen MR) is 72.0 cm³/mol. The Morgan fingerprint density at radius 2 is 2.22 bits per heavy atom. The SMILES string of the molecule is CCN(C)CCNS(=O)(=O)c1cnc(N)c(Cl)c1. The molecule has 0 spiro atoms. The third-order valence-electron chi connectivity index (χ3n) is 2.48. The standard InChI is InChI=1S/C10H17ClN4O2S/c1-3-15(2)5-4-14-18(16,17)8-6-9(11)10(12)13-7-8/h6-7,14H,3-5H2,1-2H3,(H2,12,13). The summed E-state index contributed by atoms with van der Waals surface area (Å²) >= 11 is 5.74. The van der Waals surface area contributed by atoms with E-state index in [1.54, 1.807) is 0 Å². The van der Waals surface area contributed by atoms with Crippen LogP contribution in [0.2, 0.25) is 5.02 Å². The molecule has 0 aromatic carbocycles. The Morgan fingerprint density at radius 1 is 1.56 bits per heavy atom. The van der Waals surface area contributed by atoms with Crippen molar-refractivity contribution < 1.29 is 8.42 Å². The van der Waals surface area contributed by atoms with Crippen LogP contribution in [0, 0.1) is 0 Å². The molecule has 18 heavy (non-hydrogen) atoms. The zero-order valence-corrected chi connectivity index (χ0v) is 11.9. The number of likely N-dealkylation sites (N-methyl/N-ethyl adjacent to an activating group) is 1. The van der Waals surface area contributed by atoms with Crippen LogP contribution < -0.4 is 10.5 Å². The molecule has 0 bridgehead atoms. The molecular formula is C10H17ClN4O2S. The first-order chi connectivity index (χ1) is 8.36. The summed E-state index contributed by atoms with van der Waals surface area (Å²) in [7, 11) is -1.67. The van der Waals surface area contributed by atoms with Crippen LogP contribution in [0.3, 0.4) is 0 Å². The highest BCUT2D eigenvalue weighted by Gasteiger charge is 2.15. The van der Waals surface area contributed by atoms with E-state index in [0.717, 1.165) is 6.54 Å². The molecule has 0 unspecified atom stereocenters. The molecule has 0 saturated heterocycles. The molecule has 0 aliphatic rings. The van der Waals surface area contributed by atoms with Gasteiger partial charge in [-0.05, 0) is 19.7 Å². The second kappa shape index (κ2) is 6.33. The van der Waals surface area contributed by atoms with Gasteiger partial charge in [0.25, 0.3) is 0 Å². The van der Waals surface area contributed by atoms with Crippen molar-refractivity contribution in [3.05, 3.63) is 17.3 Å². The van der Waals surface area contributed by atoms with Crippen LogP contribution in [0.25, 0.3) is 0 Å². The highest BCUT2D eigenvalue weighted by molar-refractivity contribution is 7.89. The number of nitrogens with two attached hydrogens (primary N) is 1. The van der Waals surface area contributed by atoms with E-state index in [1.807, 2.05) is 18.9 Å². The molecule has 6 nitrogen and oxygen atoms in total. The predicted octanol–water partition coefficient (Wildman–Crippen LogP) is 0.547. The van der Waals surface area contributed by atoms with Gasteiger partial charge in [-0.25, -0.2) is 18.1 Å². The fourth-order valence-electron chi connectivity index (χ4n) is 1.19. The van der Waals surface area contributed by atoms with E-state index in [9.17, 15) is 8.42 Å². The third-order valence-corrected chi connectivity index (χ3v) is 4.21. The highest BCUT2D eigenvalue weighted by atomic mass is 35.5. The Balaban J connectivity index is 2.71. The lowest BCUT2D eigenvalue weighted by molar-refractivity contribution is 0.358. The number of anilines is 1. The summed E-state index contributed by atoms with van der Waals surface area (Å²) in [5, 5.41) is 0.128. The van der Waals surface area contributed by atoms with Gasteiger partial charge in [-0.2, -0.15) is 0 Å². The van der Waals surface area contributed by atoms with Crippen molar-refractivity contribution in [2.75, 3.05) is 32.4 Å². The maximum atomic E-state index is 11.9. The van der Waals surface area contributed by atoms with Gasteiger partial charge < -0.3 is 10.6 Å². The van der Waals surface area contributed by atoms with Crippen molar-refractivity contribution in [3.8, 4) is 0 Å². The van der Waals surface area contributed by atoms with Crippen LogP contribution in [-0.2, 0) is 10.0 Å². The van der Waals surface area contributed by atoms with Crippen molar-refractivity contribution in [2.24, 2.45) is 0 Å². The summed E-state index contributed by atoms with van der Waals surface area (Å²) in [6.07, 6.45) is 1.19. The molecule has 0 saturated carbocycles. The number of hydrogen-bond acceptors (Lipinski definition) is 5. The van der Waals surface area contributed by atoms with Crippen LogP contribution in [0.4, 0.5) is 5.82 Å². The molecule has 0 aliphatic carbocycles. The van der Waals surface area contributed by atoms with Crippen LogP contribution >= 0.6 is 11.6 Å². The molecule has 0 aliphatic heterocycles. The average Bonchev–Trinajstić information content (AvgIpc) is 2.32. The van der Waals surface area contributed by atoms with E-state index >= 15 is 0 Å². The molecule has 102 valence electrons. The van der Waals surface area contributed by atoms with Gasteiger partial charge in [0.05, 0.1) is 5.02 Å². The van der Waals surface area contributed by atoms with Gasteiger partial charge in [-0.15, -0.1) is 0 Å². The van der Waals surface area contributed by atoms with Gasteiger partial charge in [0, 0.05) is 19.3 Å². The first kappa shape index (κ1) is 15.2. The summed E-state index contributed by atoms with van der Waals surface area (Å²) in [4.78, 5) is 5.73. The number of hydrogen-bond donors (Lipinski definition) is 2. The minimum absolute atomic E-state index is 0.0147. The number of rotatable bonds is 6. The summed E-state index contributed by atoms with van der Waals surface area (Å²) < 4.78 is 26.3. The van der Waals surface area contributed by atoms with Gasteiger partial charge >= 0.3 is 0 Å². The second-order valence-corrected chi connectivity index (χ2v) is 6.01. The molecule has 1 rings (SSSR count). The van der Waals surface area contributed by atoms with Gasteiger partial charge in [-0.3, -0.25) is 0 Å². The van der Waals surface area contributed by atoms with Crippen LogP contribution in [-0.4, -0.2) is 45.0 Å². The van der Waals surface area contributed by atoms with Crippen LogP contribution in [0.5, 0.6) is 0 Å². The Hall–Kier alpha value is -0.890. The number of aromatic nitrogens is 1. The minimum Gasteiger partial charge on any atom is -0.382 e. The van der Waals surface area contributed by atoms with Gasteiger partial charge in [0.1, 0.15) is 10.7 Å². The van der Waals surface area contributed by atoms with Gasteiger partial charge in [-0.1, -0.05) is 18.5 Å². The molecule has 8 heteroatoms. The number of nitrogens with one attached hydrogen (secondary N) is 1.